The Morgan fingerprint density at radius 2 is 1.88 bits per heavy atom. The lowest BCUT2D eigenvalue weighted by molar-refractivity contribution is -0.120. The fraction of sp³-hybridized carbons (Fsp3) is 0.350. The normalized spacial score (nSPS) is 15.4. The molecule has 0 saturated carbocycles. The summed E-state index contributed by atoms with van der Waals surface area (Å²) in [7, 11) is 0. The van der Waals surface area contributed by atoms with Crippen molar-refractivity contribution in [2.24, 2.45) is 0 Å². The van der Waals surface area contributed by atoms with E-state index in [1.807, 2.05) is 53.4 Å². The number of para-hydroxylation sites is 2. The van der Waals surface area contributed by atoms with Gasteiger partial charge in [0.2, 0.25) is 0 Å². The van der Waals surface area contributed by atoms with E-state index >= 15 is 0 Å². The number of rotatable bonds is 4. The second-order valence-electron chi connectivity index (χ2n) is 6.79. The van der Waals surface area contributed by atoms with Gasteiger partial charge in [-0.1, -0.05) is 31.2 Å². The van der Waals surface area contributed by atoms with Gasteiger partial charge >= 0.3 is 0 Å². The maximum atomic E-state index is 12.7. The molecule has 1 heterocycles. The highest BCUT2D eigenvalue weighted by Gasteiger charge is 2.32. The van der Waals surface area contributed by atoms with Gasteiger partial charge in [-0.25, -0.2) is 0 Å². The van der Waals surface area contributed by atoms with Gasteiger partial charge in [-0.05, 0) is 50.1 Å². The molecule has 1 aliphatic heterocycles. The van der Waals surface area contributed by atoms with Gasteiger partial charge in [0.15, 0.2) is 6.61 Å². The first-order valence-electron chi connectivity index (χ1n) is 8.38. The van der Waals surface area contributed by atoms with Crippen LogP contribution in [0.2, 0.25) is 0 Å². The van der Waals surface area contributed by atoms with E-state index in [2.05, 4.69) is 26.1 Å². The summed E-state index contributed by atoms with van der Waals surface area (Å²) in [5, 5.41) is 3.47. The third-order valence-corrected chi connectivity index (χ3v) is 4.22. The first-order chi connectivity index (χ1) is 11.5. The lowest BCUT2D eigenvalue weighted by Gasteiger charge is -2.40. The average molecular weight is 324 g/mol. The van der Waals surface area contributed by atoms with Gasteiger partial charge in [0.25, 0.3) is 5.91 Å². The van der Waals surface area contributed by atoms with Crippen molar-refractivity contribution in [2.45, 2.75) is 32.7 Å². The van der Waals surface area contributed by atoms with Crippen molar-refractivity contribution in [3.05, 3.63) is 54.1 Å². The van der Waals surface area contributed by atoms with Gasteiger partial charge < -0.3 is 15.0 Å². The molecule has 4 nitrogen and oxygen atoms in total. The minimum absolute atomic E-state index is 0.0309. The number of benzene rings is 2. The highest BCUT2D eigenvalue weighted by Crippen LogP contribution is 2.34. The third-order valence-electron chi connectivity index (χ3n) is 4.22. The maximum absolute atomic E-state index is 12.7. The molecule has 0 spiro atoms. The standard InChI is InChI=1S/C20H24N2O2/c1-4-15-9-11-16(12-10-15)24-13-19(23)22-14-20(2,3)21-17-7-5-6-8-18(17)22/h5-12,21H,4,13-14H2,1-3H3. The Kier molecular flexibility index (Phi) is 4.47. The number of ether oxygens (including phenoxy) is 1. The molecule has 0 unspecified atom stereocenters. The summed E-state index contributed by atoms with van der Waals surface area (Å²) < 4.78 is 5.69. The van der Waals surface area contributed by atoms with Crippen molar-refractivity contribution in [1.82, 2.24) is 0 Å². The first-order valence-corrected chi connectivity index (χ1v) is 8.38. The molecule has 126 valence electrons. The summed E-state index contributed by atoms with van der Waals surface area (Å²) in [5.41, 5.74) is 2.97. The van der Waals surface area contributed by atoms with Gasteiger partial charge in [-0.3, -0.25) is 4.79 Å². The molecule has 0 aliphatic carbocycles. The zero-order valence-electron chi connectivity index (χ0n) is 14.5. The lowest BCUT2D eigenvalue weighted by Crippen LogP contribution is -2.51. The van der Waals surface area contributed by atoms with E-state index in [0.29, 0.717) is 6.54 Å². The molecule has 0 bridgehead atoms. The summed E-state index contributed by atoms with van der Waals surface area (Å²) in [6, 6.07) is 15.8. The monoisotopic (exact) mass is 324 g/mol. The van der Waals surface area contributed by atoms with Crippen molar-refractivity contribution >= 4 is 17.3 Å². The van der Waals surface area contributed by atoms with Crippen LogP contribution in [0, 0.1) is 0 Å². The van der Waals surface area contributed by atoms with Crippen LogP contribution in [0.1, 0.15) is 26.3 Å². The molecule has 1 N–H and O–H groups in total. The number of hydrogen-bond acceptors (Lipinski definition) is 3. The second-order valence-corrected chi connectivity index (χ2v) is 6.79. The second kappa shape index (κ2) is 6.56. The molecule has 4 heteroatoms. The summed E-state index contributed by atoms with van der Waals surface area (Å²) >= 11 is 0. The van der Waals surface area contributed by atoms with E-state index < -0.39 is 0 Å². The number of anilines is 2. The van der Waals surface area contributed by atoms with Crippen molar-refractivity contribution in [3.63, 3.8) is 0 Å². The summed E-state index contributed by atoms with van der Waals surface area (Å²) in [5.74, 6) is 0.694. The van der Waals surface area contributed by atoms with Crippen molar-refractivity contribution < 1.29 is 9.53 Å². The Morgan fingerprint density at radius 3 is 2.58 bits per heavy atom. The quantitative estimate of drug-likeness (QED) is 0.928. The van der Waals surface area contributed by atoms with Crippen LogP contribution in [0.3, 0.4) is 0 Å². The van der Waals surface area contributed by atoms with Crippen molar-refractivity contribution in [3.8, 4) is 5.75 Å². The molecule has 0 fully saturated rings. The number of fused-ring (bicyclic) bond motifs is 1. The van der Waals surface area contributed by atoms with E-state index in [0.717, 1.165) is 23.5 Å². The predicted octanol–water partition coefficient (Wildman–Crippen LogP) is 3.87. The van der Waals surface area contributed by atoms with E-state index in [1.165, 1.54) is 5.56 Å². The van der Waals surface area contributed by atoms with Crippen LogP contribution in [-0.2, 0) is 11.2 Å². The molecular weight excluding hydrogens is 300 g/mol. The smallest absolute Gasteiger partial charge is 0.265 e. The van der Waals surface area contributed by atoms with Crippen LogP contribution in [0.25, 0.3) is 0 Å². The third kappa shape index (κ3) is 3.53. The number of nitrogens with one attached hydrogen (secondary N) is 1. The minimum Gasteiger partial charge on any atom is -0.484 e. The maximum Gasteiger partial charge on any atom is 0.265 e. The van der Waals surface area contributed by atoms with Gasteiger partial charge in [0.05, 0.1) is 11.4 Å². The molecule has 0 atom stereocenters. The SMILES string of the molecule is CCc1ccc(OCC(=O)N2CC(C)(C)Nc3ccccc32)cc1. The average Bonchev–Trinajstić information content (AvgIpc) is 2.58. The van der Waals surface area contributed by atoms with Crippen LogP contribution in [0.15, 0.2) is 48.5 Å². The topological polar surface area (TPSA) is 41.6 Å². The minimum atomic E-state index is -0.174. The number of nitrogens with zero attached hydrogens (tertiary/aromatic N) is 1. The van der Waals surface area contributed by atoms with Gasteiger partial charge in [0, 0.05) is 12.1 Å². The fourth-order valence-corrected chi connectivity index (χ4v) is 2.97. The fourth-order valence-electron chi connectivity index (χ4n) is 2.97. The van der Waals surface area contributed by atoms with E-state index in [4.69, 9.17) is 4.74 Å². The highest BCUT2D eigenvalue weighted by molar-refractivity contribution is 5.99. The molecule has 1 amide bonds. The summed E-state index contributed by atoms with van der Waals surface area (Å²) in [4.78, 5) is 14.5. The largest absolute Gasteiger partial charge is 0.484 e. The van der Waals surface area contributed by atoms with Gasteiger partial charge in [0.1, 0.15) is 5.75 Å². The van der Waals surface area contributed by atoms with Crippen molar-refractivity contribution in [1.29, 1.82) is 0 Å². The van der Waals surface area contributed by atoms with Crippen LogP contribution in [0.5, 0.6) is 5.75 Å². The first kappa shape index (κ1) is 16.4. The Balaban J connectivity index is 1.72. The molecule has 2 aromatic rings. The zero-order chi connectivity index (χ0) is 17.2. The molecule has 24 heavy (non-hydrogen) atoms. The van der Waals surface area contributed by atoms with Crippen LogP contribution >= 0.6 is 0 Å². The molecule has 1 aliphatic rings. The van der Waals surface area contributed by atoms with E-state index in [-0.39, 0.29) is 18.1 Å². The predicted molar refractivity (Wildman–Crippen MR) is 97.8 cm³/mol. The Labute approximate surface area is 143 Å². The molecule has 3 rings (SSSR count). The highest BCUT2D eigenvalue weighted by atomic mass is 16.5. The van der Waals surface area contributed by atoms with Gasteiger partial charge in [-0.2, -0.15) is 0 Å². The Morgan fingerprint density at radius 1 is 1.17 bits per heavy atom. The molecule has 0 aromatic heterocycles. The zero-order valence-corrected chi connectivity index (χ0v) is 14.5. The van der Waals surface area contributed by atoms with E-state index in [1.54, 1.807) is 0 Å². The lowest BCUT2D eigenvalue weighted by atomic mass is 9.99. The Hall–Kier alpha value is -2.49. The molecular formula is C20H24N2O2. The summed E-state index contributed by atoms with van der Waals surface area (Å²) in [6.45, 7) is 6.95. The summed E-state index contributed by atoms with van der Waals surface area (Å²) in [6.07, 6.45) is 0.992. The van der Waals surface area contributed by atoms with Crippen LogP contribution in [-0.4, -0.2) is 24.6 Å². The molecule has 0 saturated heterocycles. The van der Waals surface area contributed by atoms with Crippen molar-refractivity contribution in [2.75, 3.05) is 23.4 Å². The number of amides is 1. The number of hydrogen-bond donors (Lipinski definition) is 1. The molecule has 2 aromatic carbocycles. The van der Waals surface area contributed by atoms with Crippen LogP contribution < -0.4 is 15.0 Å². The number of carbonyl (C=O) groups is 1. The number of carbonyl (C=O) groups excluding carboxylic acids is 1. The number of aryl methyl sites for hydroxylation is 1. The molecule has 0 radical (unpaired) electrons. The Bertz CT molecular complexity index is 723. The van der Waals surface area contributed by atoms with Crippen LogP contribution in [0.4, 0.5) is 11.4 Å². The van der Waals surface area contributed by atoms with Gasteiger partial charge in [-0.15, -0.1) is 0 Å². The van der Waals surface area contributed by atoms with E-state index in [9.17, 15) is 4.79 Å².